The third-order valence-corrected chi connectivity index (χ3v) is 1.50. The lowest BCUT2D eigenvalue weighted by atomic mass is 10.9. The Kier molecular flexibility index (Phi) is 4.58. The Morgan fingerprint density at radius 2 is 1.78 bits per heavy atom. The number of hydrogen-bond donors (Lipinski definition) is 0. The summed E-state index contributed by atoms with van der Waals surface area (Å²) >= 11 is 0. The second-order valence-electron chi connectivity index (χ2n) is 1.17. The lowest BCUT2D eigenvalue weighted by molar-refractivity contribution is -0.132. The molecule has 0 heterocycles. The van der Waals surface area contributed by atoms with E-state index in [0.29, 0.717) is 0 Å². The van der Waals surface area contributed by atoms with Gasteiger partial charge in [-0.05, 0) is 0 Å². The molecule has 0 amide bonds. The van der Waals surface area contributed by atoms with E-state index in [4.69, 9.17) is 0 Å². The summed E-state index contributed by atoms with van der Waals surface area (Å²) in [5.41, 5.74) is 0. The second-order valence-corrected chi connectivity index (χ2v) is 2.53. The Morgan fingerprint density at radius 3 is 1.89 bits per heavy atom. The van der Waals surface area contributed by atoms with Gasteiger partial charge in [-0.3, -0.25) is 4.79 Å². The zero-order valence-corrected chi connectivity index (χ0v) is 6.47. The van der Waals surface area contributed by atoms with Crippen LogP contribution in [0.5, 0.6) is 0 Å². The maximum atomic E-state index is 10.2. The van der Waals surface area contributed by atoms with Crippen LogP contribution in [0, 0.1) is 0 Å². The molecule has 0 aliphatic heterocycles. The van der Waals surface area contributed by atoms with Crippen molar-refractivity contribution in [2.75, 3.05) is 14.2 Å². The fourth-order valence-electron chi connectivity index (χ4n) is 0.254. The van der Waals surface area contributed by atoms with E-state index in [0.717, 1.165) is 0 Å². The standard InChI is InChI=1S/C4H9O4P/c1-4(5)8-9(6-2)7-3/h1-3H3. The smallest absolute Gasteiger partial charge is 0.394 e. The zero-order chi connectivity index (χ0) is 7.28. The van der Waals surface area contributed by atoms with Crippen molar-refractivity contribution in [1.29, 1.82) is 0 Å². The van der Waals surface area contributed by atoms with Gasteiger partial charge in [0.2, 0.25) is 0 Å². The van der Waals surface area contributed by atoms with Crippen molar-refractivity contribution in [2.24, 2.45) is 0 Å². The highest BCUT2D eigenvalue weighted by Gasteiger charge is 2.09. The Morgan fingerprint density at radius 1 is 1.33 bits per heavy atom. The summed E-state index contributed by atoms with van der Waals surface area (Å²) in [5.74, 6) is -0.398. The second kappa shape index (κ2) is 4.68. The predicted molar refractivity (Wildman–Crippen MR) is 32.7 cm³/mol. The SMILES string of the molecule is COP(OC)OC(C)=O. The van der Waals surface area contributed by atoms with E-state index in [2.05, 4.69) is 13.6 Å². The van der Waals surface area contributed by atoms with Crippen molar-refractivity contribution in [3.05, 3.63) is 0 Å². The van der Waals surface area contributed by atoms with Crippen molar-refractivity contribution in [1.82, 2.24) is 0 Å². The van der Waals surface area contributed by atoms with Crippen LogP contribution in [0.1, 0.15) is 6.92 Å². The quantitative estimate of drug-likeness (QED) is 0.567. The van der Waals surface area contributed by atoms with Gasteiger partial charge in [0.25, 0.3) is 0 Å². The van der Waals surface area contributed by atoms with Crippen LogP contribution in [0.15, 0.2) is 0 Å². The molecule has 4 nitrogen and oxygen atoms in total. The van der Waals surface area contributed by atoms with Crippen LogP contribution in [-0.2, 0) is 18.4 Å². The van der Waals surface area contributed by atoms with Gasteiger partial charge in [-0.1, -0.05) is 0 Å². The molecule has 0 aromatic rings. The Labute approximate surface area is 55.1 Å². The van der Waals surface area contributed by atoms with Crippen molar-refractivity contribution < 1.29 is 18.4 Å². The molecule has 0 aliphatic carbocycles. The third-order valence-electron chi connectivity index (χ3n) is 0.501. The van der Waals surface area contributed by atoms with Gasteiger partial charge in [0.15, 0.2) is 0 Å². The maximum Gasteiger partial charge on any atom is 0.398 e. The minimum atomic E-state index is -1.45. The molecule has 54 valence electrons. The average molecular weight is 152 g/mol. The van der Waals surface area contributed by atoms with Crippen LogP contribution >= 0.6 is 8.60 Å². The van der Waals surface area contributed by atoms with E-state index in [-0.39, 0.29) is 0 Å². The minimum Gasteiger partial charge on any atom is -0.394 e. The summed E-state index contributed by atoms with van der Waals surface area (Å²) in [6, 6.07) is 0. The largest absolute Gasteiger partial charge is 0.398 e. The molecule has 0 saturated carbocycles. The average Bonchev–Trinajstić information content (AvgIpc) is 1.82. The molecule has 0 aromatic carbocycles. The molecule has 0 spiro atoms. The molecule has 0 N–H and O–H groups in total. The molecule has 9 heavy (non-hydrogen) atoms. The van der Waals surface area contributed by atoms with E-state index in [9.17, 15) is 4.79 Å². The van der Waals surface area contributed by atoms with E-state index in [1.54, 1.807) is 0 Å². The highest BCUT2D eigenvalue weighted by Crippen LogP contribution is 2.36. The van der Waals surface area contributed by atoms with E-state index in [1.165, 1.54) is 21.1 Å². The fourth-order valence-corrected chi connectivity index (χ4v) is 0.762. The van der Waals surface area contributed by atoms with Crippen molar-refractivity contribution in [2.45, 2.75) is 6.92 Å². The first kappa shape index (κ1) is 8.82. The molecule has 0 atom stereocenters. The van der Waals surface area contributed by atoms with E-state index in [1.807, 2.05) is 0 Å². The topological polar surface area (TPSA) is 44.8 Å². The van der Waals surface area contributed by atoms with Gasteiger partial charge in [-0.25, -0.2) is 0 Å². The van der Waals surface area contributed by atoms with Crippen LogP contribution in [-0.4, -0.2) is 20.2 Å². The van der Waals surface area contributed by atoms with Crippen LogP contribution in [0.25, 0.3) is 0 Å². The molecule has 5 heteroatoms. The molecular formula is C4H9O4P. The lowest BCUT2D eigenvalue weighted by Crippen LogP contribution is -1.95. The van der Waals surface area contributed by atoms with Crippen molar-refractivity contribution in [3.63, 3.8) is 0 Å². The van der Waals surface area contributed by atoms with Crippen LogP contribution in [0.4, 0.5) is 0 Å². The fraction of sp³-hybridized carbons (Fsp3) is 0.750. The van der Waals surface area contributed by atoms with Gasteiger partial charge in [-0.2, -0.15) is 0 Å². The Balaban J connectivity index is 3.43. The molecule has 0 aromatic heterocycles. The van der Waals surface area contributed by atoms with Gasteiger partial charge in [-0.15, -0.1) is 0 Å². The summed E-state index contributed by atoms with van der Waals surface area (Å²) in [7, 11) is 1.38. The zero-order valence-electron chi connectivity index (χ0n) is 5.58. The summed E-state index contributed by atoms with van der Waals surface area (Å²) in [4.78, 5) is 10.2. The first-order valence-corrected chi connectivity index (χ1v) is 3.37. The first-order valence-electron chi connectivity index (χ1n) is 2.27. The van der Waals surface area contributed by atoms with E-state index < -0.39 is 14.6 Å². The summed E-state index contributed by atoms with van der Waals surface area (Å²) in [6.07, 6.45) is 0. The van der Waals surface area contributed by atoms with Crippen molar-refractivity contribution in [3.8, 4) is 0 Å². The molecular weight excluding hydrogens is 143 g/mol. The van der Waals surface area contributed by atoms with E-state index >= 15 is 0 Å². The number of hydrogen-bond acceptors (Lipinski definition) is 4. The van der Waals surface area contributed by atoms with Crippen LogP contribution < -0.4 is 0 Å². The predicted octanol–water partition coefficient (Wildman–Crippen LogP) is 1.07. The van der Waals surface area contributed by atoms with Gasteiger partial charge >= 0.3 is 14.6 Å². The number of carbonyl (C=O) groups is 1. The highest BCUT2D eigenvalue weighted by atomic mass is 31.2. The van der Waals surface area contributed by atoms with Gasteiger partial charge in [0, 0.05) is 21.1 Å². The minimum absolute atomic E-state index is 0.398. The van der Waals surface area contributed by atoms with Crippen molar-refractivity contribution >= 4 is 14.6 Å². The van der Waals surface area contributed by atoms with Gasteiger partial charge in [0.1, 0.15) is 0 Å². The molecule has 0 rings (SSSR count). The molecule has 0 unspecified atom stereocenters. The first-order chi connectivity index (χ1) is 4.20. The van der Waals surface area contributed by atoms with Gasteiger partial charge in [0.05, 0.1) is 0 Å². The normalized spacial score (nSPS) is 9.78. The van der Waals surface area contributed by atoms with Crippen LogP contribution in [0.3, 0.4) is 0 Å². The number of carbonyl (C=O) groups excluding carboxylic acids is 1. The molecule has 0 saturated heterocycles. The highest BCUT2D eigenvalue weighted by molar-refractivity contribution is 7.42. The Bertz CT molecular complexity index is 90.6. The molecule has 0 radical (unpaired) electrons. The van der Waals surface area contributed by atoms with Crippen LogP contribution in [0.2, 0.25) is 0 Å². The Hall–Kier alpha value is -0.180. The van der Waals surface area contributed by atoms with Gasteiger partial charge < -0.3 is 13.6 Å². The molecule has 0 aliphatic rings. The summed E-state index contributed by atoms with van der Waals surface area (Å²) in [6.45, 7) is 1.30. The molecule has 0 fully saturated rings. The third kappa shape index (κ3) is 4.33. The monoisotopic (exact) mass is 152 g/mol. The lowest BCUT2D eigenvalue weighted by Gasteiger charge is -2.07. The summed E-state index contributed by atoms with van der Waals surface area (Å²) < 4.78 is 13.7. The summed E-state index contributed by atoms with van der Waals surface area (Å²) in [5, 5.41) is 0. The molecule has 0 bridgehead atoms. The maximum absolute atomic E-state index is 10.2. The number of rotatable bonds is 3.